The third-order valence-electron chi connectivity index (χ3n) is 5.53. The Morgan fingerprint density at radius 2 is 1.79 bits per heavy atom. The lowest BCUT2D eigenvalue weighted by molar-refractivity contribution is 0.414. The molecule has 1 N–H and O–H groups in total. The SMILES string of the molecule is COc1ccc(CNC2C=CC(c3c(C)nn(-c4ccccc4)c3C)C2)cc1. The van der Waals surface area contributed by atoms with Crippen molar-refractivity contribution in [1.82, 2.24) is 15.1 Å². The van der Waals surface area contributed by atoms with Crippen LogP contribution in [-0.4, -0.2) is 22.9 Å². The maximum absolute atomic E-state index is 5.23. The van der Waals surface area contributed by atoms with Crippen LogP contribution in [0.15, 0.2) is 66.7 Å². The van der Waals surface area contributed by atoms with Crippen molar-refractivity contribution in [2.75, 3.05) is 7.11 Å². The Labute approximate surface area is 166 Å². The average molecular weight is 374 g/mol. The summed E-state index contributed by atoms with van der Waals surface area (Å²) >= 11 is 0. The Kier molecular flexibility index (Phi) is 5.31. The predicted octanol–water partition coefficient (Wildman–Crippen LogP) is 4.70. The number of aromatic nitrogens is 2. The lowest BCUT2D eigenvalue weighted by Crippen LogP contribution is -2.25. The monoisotopic (exact) mass is 373 g/mol. The van der Waals surface area contributed by atoms with E-state index in [9.17, 15) is 0 Å². The summed E-state index contributed by atoms with van der Waals surface area (Å²) in [5.74, 6) is 1.30. The van der Waals surface area contributed by atoms with E-state index in [-0.39, 0.29) is 0 Å². The zero-order valence-electron chi connectivity index (χ0n) is 16.7. The van der Waals surface area contributed by atoms with Crippen LogP contribution in [-0.2, 0) is 6.54 Å². The third-order valence-corrected chi connectivity index (χ3v) is 5.53. The molecule has 2 unspecified atom stereocenters. The highest BCUT2D eigenvalue weighted by Crippen LogP contribution is 2.34. The van der Waals surface area contributed by atoms with E-state index >= 15 is 0 Å². The molecule has 1 aliphatic rings. The summed E-state index contributed by atoms with van der Waals surface area (Å²) in [5.41, 5.74) is 6.09. The lowest BCUT2D eigenvalue weighted by Gasteiger charge is -2.15. The fourth-order valence-electron chi connectivity index (χ4n) is 4.07. The zero-order valence-corrected chi connectivity index (χ0v) is 16.7. The van der Waals surface area contributed by atoms with Crippen molar-refractivity contribution in [3.63, 3.8) is 0 Å². The first-order valence-corrected chi connectivity index (χ1v) is 9.82. The molecule has 4 heteroatoms. The van der Waals surface area contributed by atoms with Crippen molar-refractivity contribution >= 4 is 0 Å². The number of nitrogens with one attached hydrogen (secondary N) is 1. The fourth-order valence-corrected chi connectivity index (χ4v) is 4.07. The third kappa shape index (κ3) is 3.73. The Bertz CT molecular complexity index is 958. The van der Waals surface area contributed by atoms with Crippen LogP contribution in [0.4, 0.5) is 0 Å². The molecule has 0 amide bonds. The van der Waals surface area contributed by atoms with E-state index in [2.05, 4.69) is 72.4 Å². The molecule has 2 atom stereocenters. The van der Waals surface area contributed by atoms with Crippen LogP contribution in [0.1, 0.15) is 34.9 Å². The average Bonchev–Trinajstić information content (AvgIpc) is 3.31. The van der Waals surface area contributed by atoms with E-state index < -0.39 is 0 Å². The topological polar surface area (TPSA) is 39.1 Å². The number of methoxy groups -OCH3 is 1. The van der Waals surface area contributed by atoms with Gasteiger partial charge in [-0.3, -0.25) is 0 Å². The quantitative estimate of drug-likeness (QED) is 0.637. The van der Waals surface area contributed by atoms with Gasteiger partial charge in [0.05, 0.1) is 18.5 Å². The molecular formula is C24H27N3O. The van der Waals surface area contributed by atoms with Crippen molar-refractivity contribution in [3.8, 4) is 11.4 Å². The molecule has 28 heavy (non-hydrogen) atoms. The standard InChI is InChI=1S/C24H27N3O/c1-17-24(18(2)27(26-17)22-7-5-4-6-8-22)20-11-12-21(15-20)25-16-19-9-13-23(28-3)14-10-19/h4-14,20-21,25H,15-16H2,1-3H3. The summed E-state index contributed by atoms with van der Waals surface area (Å²) in [6.07, 6.45) is 5.70. The number of rotatable bonds is 6. The number of hydrogen-bond donors (Lipinski definition) is 1. The van der Waals surface area contributed by atoms with Gasteiger partial charge in [-0.1, -0.05) is 42.5 Å². The van der Waals surface area contributed by atoms with Crippen LogP contribution in [0, 0.1) is 13.8 Å². The van der Waals surface area contributed by atoms with Gasteiger partial charge in [-0.05, 0) is 50.1 Å². The Morgan fingerprint density at radius 1 is 1.04 bits per heavy atom. The molecule has 3 aromatic rings. The van der Waals surface area contributed by atoms with Crippen LogP contribution in [0.3, 0.4) is 0 Å². The number of ether oxygens (including phenoxy) is 1. The second kappa shape index (κ2) is 8.03. The molecule has 0 saturated carbocycles. The van der Waals surface area contributed by atoms with E-state index in [0.29, 0.717) is 12.0 Å². The minimum absolute atomic E-state index is 0.381. The van der Waals surface area contributed by atoms with Gasteiger partial charge in [-0.25, -0.2) is 4.68 Å². The normalized spacial score (nSPS) is 18.5. The number of aryl methyl sites for hydroxylation is 1. The van der Waals surface area contributed by atoms with Gasteiger partial charge >= 0.3 is 0 Å². The number of para-hydroxylation sites is 1. The molecule has 0 aliphatic heterocycles. The van der Waals surface area contributed by atoms with Gasteiger partial charge in [-0.15, -0.1) is 0 Å². The van der Waals surface area contributed by atoms with Gasteiger partial charge in [0.25, 0.3) is 0 Å². The van der Waals surface area contributed by atoms with E-state index in [0.717, 1.165) is 30.1 Å². The second-order valence-electron chi connectivity index (χ2n) is 7.39. The maximum atomic E-state index is 5.23. The molecule has 0 fully saturated rings. The summed E-state index contributed by atoms with van der Waals surface area (Å²) in [7, 11) is 1.70. The molecule has 0 saturated heterocycles. The number of hydrogen-bond acceptors (Lipinski definition) is 3. The summed E-state index contributed by atoms with van der Waals surface area (Å²) in [6.45, 7) is 5.15. The van der Waals surface area contributed by atoms with E-state index in [1.165, 1.54) is 16.8 Å². The summed E-state index contributed by atoms with van der Waals surface area (Å²) in [6, 6.07) is 19.0. The van der Waals surface area contributed by atoms with Crippen LogP contribution in [0.5, 0.6) is 5.75 Å². The largest absolute Gasteiger partial charge is 0.497 e. The maximum Gasteiger partial charge on any atom is 0.118 e. The Morgan fingerprint density at radius 3 is 2.50 bits per heavy atom. The highest BCUT2D eigenvalue weighted by atomic mass is 16.5. The van der Waals surface area contributed by atoms with Gasteiger partial charge < -0.3 is 10.1 Å². The molecule has 4 nitrogen and oxygen atoms in total. The van der Waals surface area contributed by atoms with Gasteiger partial charge in [0.2, 0.25) is 0 Å². The first kappa shape index (κ1) is 18.5. The minimum atomic E-state index is 0.381. The molecular weight excluding hydrogens is 346 g/mol. The molecule has 4 rings (SSSR count). The van der Waals surface area contributed by atoms with Crippen molar-refractivity contribution in [2.45, 2.75) is 38.8 Å². The zero-order chi connectivity index (χ0) is 19.5. The van der Waals surface area contributed by atoms with Gasteiger partial charge in [-0.2, -0.15) is 5.10 Å². The van der Waals surface area contributed by atoms with Crippen molar-refractivity contribution in [3.05, 3.63) is 89.3 Å². The molecule has 0 bridgehead atoms. The molecule has 2 aromatic carbocycles. The predicted molar refractivity (Wildman–Crippen MR) is 113 cm³/mol. The first-order valence-electron chi connectivity index (χ1n) is 9.82. The highest BCUT2D eigenvalue weighted by Gasteiger charge is 2.25. The summed E-state index contributed by atoms with van der Waals surface area (Å²) in [4.78, 5) is 0. The number of allylic oxidation sites excluding steroid dienone is 1. The highest BCUT2D eigenvalue weighted by molar-refractivity contribution is 5.41. The number of benzene rings is 2. The van der Waals surface area contributed by atoms with Crippen LogP contribution < -0.4 is 10.1 Å². The smallest absolute Gasteiger partial charge is 0.118 e. The molecule has 1 heterocycles. The molecule has 1 aliphatic carbocycles. The van der Waals surface area contributed by atoms with Crippen molar-refractivity contribution in [1.29, 1.82) is 0 Å². The Hall–Kier alpha value is -2.85. The summed E-state index contributed by atoms with van der Waals surface area (Å²) < 4.78 is 7.29. The molecule has 0 radical (unpaired) electrons. The van der Waals surface area contributed by atoms with E-state index in [1.54, 1.807) is 7.11 Å². The van der Waals surface area contributed by atoms with E-state index in [1.807, 2.05) is 18.2 Å². The molecule has 1 aromatic heterocycles. The van der Waals surface area contributed by atoms with Gasteiger partial charge in [0.1, 0.15) is 5.75 Å². The molecule has 144 valence electrons. The van der Waals surface area contributed by atoms with Gasteiger partial charge in [0.15, 0.2) is 0 Å². The van der Waals surface area contributed by atoms with Crippen LogP contribution >= 0.6 is 0 Å². The minimum Gasteiger partial charge on any atom is -0.497 e. The number of nitrogens with zero attached hydrogens (tertiary/aromatic N) is 2. The Balaban J connectivity index is 1.43. The second-order valence-corrected chi connectivity index (χ2v) is 7.39. The lowest BCUT2D eigenvalue weighted by atomic mass is 9.96. The fraction of sp³-hybridized carbons (Fsp3) is 0.292. The van der Waals surface area contributed by atoms with Gasteiger partial charge in [0, 0.05) is 29.8 Å². The summed E-state index contributed by atoms with van der Waals surface area (Å²) in [5, 5.41) is 8.47. The molecule has 0 spiro atoms. The van der Waals surface area contributed by atoms with Crippen LogP contribution in [0.25, 0.3) is 5.69 Å². The van der Waals surface area contributed by atoms with Crippen molar-refractivity contribution < 1.29 is 4.74 Å². The first-order chi connectivity index (χ1) is 13.7. The van der Waals surface area contributed by atoms with E-state index in [4.69, 9.17) is 9.84 Å². The van der Waals surface area contributed by atoms with Crippen LogP contribution in [0.2, 0.25) is 0 Å². The van der Waals surface area contributed by atoms with Crippen molar-refractivity contribution in [2.24, 2.45) is 0 Å².